The van der Waals surface area contributed by atoms with Crippen LogP contribution in [-0.4, -0.2) is 209 Å². The Labute approximate surface area is 291 Å². The lowest BCUT2D eigenvalue weighted by Crippen LogP contribution is -2.89. The molecular weight excluding hydrogens is 694 g/mol. The first-order valence-corrected chi connectivity index (χ1v) is 16.8. The van der Waals surface area contributed by atoms with Crippen LogP contribution in [0.5, 0.6) is 0 Å². The zero-order valence-corrected chi connectivity index (χ0v) is 28.4. The molecule has 6 heterocycles. The van der Waals surface area contributed by atoms with E-state index in [1.165, 1.54) is 13.8 Å². The van der Waals surface area contributed by atoms with Crippen LogP contribution in [0.3, 0.4) is 0 Å². The highest BCUT2D eigenvalue weighted by Gasteiger charge is 2.78. The van der Waals surface area contributed by atoms with Crippen molar-refractivity contribution < 1.29 is 98.8 Å². The summed E-state index contributed by atoms with van der Waals surface area (Å²) in [5.74, 6) is -2.57. The van der Waals surface area contributed by atoms with Gasteiger partial charge < -0.3 is 98.8 Å². The lowest BCUT2D eigenvalue weighted by molar-refractivity contribution is -0.481. The van der Waals surface area contributed by atoms with Gasteiger partial charge in [-0.1, -0.05) is 0 Å². The number of hydrogen-bond acceptors (Lipinski definition) is 21. The van der Waals surface area contributed by atoms with Gasteiger partial charge in [0.1, 0.15) is 90.1 Å². The van der Waals surface area contributed by atoms with Crippen LogP contribution in [0.25, 0.3) is 0 Å². The quantitative estimate of drug-likeness (QED) is 0.0924. The number of rotatable bonds is 10. The van der Waals surface area contributed by atoms with Crippen LogP contribution in [-0.2, 0) is 42.6 Å². The van der Waals surface area contributed by atoms with Crippen molar-refractivity contribution in [2.24, 2.45) is 5.73 Å². The van der Waals surface area contributed by atoms with E-state index in [1.807, 2.05) is 0 Å². The molecule has 0 aromatic heterocycles. The topological polar surface area (TPSA) is 332 Å². The summed E-state index contributed by atoms with van der Waals surface area (Å²) in [5.41, 5.74) is -3.76. The zero-order valence-electron chi connectivity index (χ0n) is 28.4. The number of nitrogens with two attached hydrogens (primary N) is 1. The fourth-order valence-electron chi connectivity index (χ4n) is 7.87. The minimum absolute atomic E-state index is 0.0480. The maximum absolute atomic E-state index is 11.7. The molecule has 0 amide bonds. The summed E-state index contributed by atoms with van der Waals surface area (Å²) < 4.78 is 52.2. The van der Waals surface area contributed by atoms with Crippen molar-refractivity contribution in [3.8, 4) is 0 Å². The molecule has 6 aliphatic rings. The van der Waals surface area contributed by atoms with Gasteiger partial charge in [0.15, 0.2) is 18.9 Å². The third-order valence-corrected chi connectivity index (χ3v) is 11.4. The third-order valence-electron chi connectivity index (χ3n) is 11.4. The molecule has 1 unspecified atom stereocenters. The Bertz CT molecular complexity index is 1240. The van der Waals surface area contributed by atoms with Crippen molar-refractivity contribution in [2.75, 3.05) is 26.4 Å². The number of ether oxygens (including phenoxy) is 9. The number of aliphatic hydroxyl groups excluding tert-OH is 8. The van der Waals surface area contributed by atoms with Gasteiger partial charge in [0.2, 0.25) is 11.5 Å². The van der Waals surface area contributed by atoms with E-state index >= 15 is 0 Å². The summed E-state index contributed by atoms with van der Waals surface area (Å²) in [4.78, 5) is 0. The smallest absolute Gasteiger partial charge is 0.218 e. The first-order valence-electron chi connectivity index (χ1n) is 16.8. The summed E-state index contributed by atoms with van der Waals surface area (Å²) in [6.45, 7) is 2.71. The summed E-state index contributed by atoms with van der Waals surface area (Å²) in [6, 6.07) is 0. The molecule has 0 aromatic rings. The Hall–Kier alpha value is -0.840. The molecule has 296 valence electrons. The highest BCUT2D eigenvalue weighted by Crippen LogP contribution is 2.54. The molecule has 13 N–H and O–H groups in total. The number of fused-ring (bicyclic) bond motifs is 4. The third kappa shape index (κ3) is 6.07. The van der Waals surface area contributed by atoms with Gasteiger partial charge in [0, 0.05) is 6.42 Å². The number of aliphatic hydroxyl groups is 11. The van der Waals surface area contributed by atoms with Crippen molar-refractivity contribution >= 4 is 0 Å². The summed E-state index contributed by atoms with van der Waals surface area (Å²) in [5, 5.41) is 119. The second-order valence-electron chi connectivity index (χ2n) is 14.9. The van der Waals surface area contributed by atoms with Crippen molar-refractivity contribution in [1.82, 2.24) is 0 Å². The summed E-state index contributed by atoms with van der Waals surface area (Å²) in [6.07, 6.45) is -23.2. The molecule has 21 nitrogen and oxygen atoms in total. The maximum Gasteiger partial charge on any atom is 0.218 e. The predicted octanol–water partition coefficient (Wildman–Crippen LogP) is -7.06. The minimum Gasteiger partial charge on any atom is -0.394 e. The second-order valence-corrected chi connectivity index (χ2v) is 14.9. The van der Waals surface area contributed by atoms with Gasteiger partial charge in [0.25, 0.3) is 0 Å². The molecule has 0 saturated carbocycles. The Balaban J connectivity index is 1.22. The van der Waals surface area contributed by atoms with E-state index in [4.69, 9.17) is 48.4 Å². The summed E-state index contributed by atoms with van der Waals surface area (Å²) >= 11 is 0. The van der Waals surface area contributed by atoms with E-state index in [-0.39, 0.29) is 13.2 Å². The van der Waals surface area contributed by atoms with E-state index in [1.54, 1.807) is 0 Å². The van der Waals surface area contributed by atoms with Crippen LogP contribution in [0.1, 0.15) is 34.1 Å². The number of hydrogen-bond donors (Lipinski definition) is 12. The Morgan fingerprint density at radius 3 is 1.90 bits per heavy atom. The molecule has 4 bridgehead atoms. The molecule has 21 atom stereocenters. The molecule has 6 rings (SSSR count). The SMILES string of the molecule is CC(O)C[C@]1(O[C@@H]2[C@H]3OC[C@@H]2O[C@@H](O[C@@H]2[C@@H](O)[C@H](O[C@@H]4[C@H]5OC[C@@H]4O[C@@H](O)[C@H]5O)O[C@H](CO)[C@H]2O)[C@H]3O)O[C@](C)(CO)[C@](C)(O)[C@](C)(O)[C@@]1(N)O. The summed E-state index contributed by atoms with van der Waals surface area (Å²) in [7, 11) is 0. The monoisotopic (exact) mass is 745 g/mol. The maximum atomic E-state index is 11.7. The molecule has 0 aromatic carbocycles. The van der Waals surface area contributed by atoms with Crippen LogP contribution < -0.4 is 5.73 Å². The lowest BCUT2D eigenvalue weighted by atomic mass is 9.63. The van der Waals surface area contributed by atoms with E-state index in [0.29, 0.717) is 0 Å². The van der Waals surface area contributed by atoms with E-state index in [0.717, 1.165) is 13.8 Å². The second kappa shape index (κ2) is 13.7. The average molecular weight is 746 g/mol. The fraction of sp³-hybridized carbons (Fsp3) is 1.00. The normalized spacial score (nSPS) is 57.8. The van der Waals surface area contributed by atoms with Gasteiger partial charge in [-0.3, -0.25) is 5.73 Å². The Morgan fingerprint density at radius 1 is 0.745 bits per heavy atom. The molecule has 0 radical (unpaired) electrons. The zero-order chi connectivity index (χ0) is 37.6. The van der Waals surface area contributed by atoms with Gasteiger partial charge in [0.05, 0.1) is 32.5 Å². The molecule has 21 heteroatoms. The largest absolute Gasteiger partial charge is 0.394 e. The lowest BCUT2D eigenvalue weighted by Gasteiger charge is -2.66. The van der Waals surface area contributed by atoms with Crippen molar-refractivity contribution in [3.05, 3.63) is 0 Å². The van der Waals surface area contributed by atoms with Crippen LogP contribution >= 0.6 is 0 Å². The molecule has 6 saturated heterocycles. The first kappa shape index (κ1) is 39.8. The average Bonchev–Trinajstić information content (AvgIpc) is 3.54. The molecule has 6 fully saturated rings. The first-order chi connectivity index (χ1) is 23.7. The van der Waals surface area contributed by atoms with Gasteiger partial charge >= 0.3 is 0 Å². The van der Waals surface area contributed by atoms with E-state index in [9.17, 15) is 56.2 Å². The van der Waals surface area contributed by atoms with Crippen molar-refractivity contribution in [3.63, 3.8) is 0 Å². The van der Waals surface area contributed by atoms with E-state index < -0.39 is 146 Å². The van der Waals surface area contributed by atoms with Gasteiger partial charge in [-0.05, 0) is 27.7 Å². The fourth-order valence-corrected chi connectivity index (χ4v) is 7.87. The molecule has 51 heavy (non-hydrogen) atoms. The highest BCUT2D eigenvalue weighted by atomic mass is 16.8. The highest BCUT2D eigenvalue weighted by molar-refractivity contribution is 5.22. The molecule has 6 aliphatic heterocycles. The standard InChI is InChI=1S/C30H51NO20/c1-10(34)5-29(30(31,42)28(4,41)27(3,40)26(2,9-33)51-29)50-19-13-8-44-22(19)17(38)25(47-13)49-20-14(35)11(6-32)46-24(16(20)37)48-18-12-7-43-21(18)15(36)23(39)45-12/h10-25,32-42H,5-9,31H2,1-4H3/t10?,11-,12+,13+,14-,15+,16-,17+,18+,19+,20+,21+,22+,23-,24+,25+,26-,27+,28+,29+,30-/m1/s1. The van der Waals surface area contributed by atoms with E-state index in [2.05, 4.69) is 0 Å². The van der Waals surface area contributed by atoms with Crippen LogP contribution in [0, 0.1) is 0 Å². The van der Waals surface area contributed by atoms with Crippen LogP contribution in [0.15, 0.2) is 0 Å². The van der Waals surface area contributed by atoms with Crippen LogP contribution in [0.2, 0.25) is 0 Å². The molecule has 0 aliphatic carbocycles. The van der Waals surface area contributed by atoms with Crippen LogP contribution in [0.4, 0.5) is 0 Å². The van der Waals surface area contributed by atoms with Gasteiger partial charge in [-0.2, -0.15) is 0 Å². The van der Waals surface area contributed by atoms with Gasteiger partial charge in [-0.25, -0.2) is 0 Å². The molecule has 0 spiro atoms. The van der Waals surface area contributed by atoms with Crippen molar-refractivity contribution in [2.45, 2.75) is 161 Å². The Morgan fingerprint density at radius 2 is 1.31 bits per heavy atom. The minimum atomic E-state index is -2.99. The Kier molecular flexibility index (Phi) is 10.7. The molecular formula is C30H51NO20. The van der Waals surface area contributed by atoms with Gasteiger partial charge in [-0.15, -0.1) is 0 Å². The predicted molar refractivity (Wildman–Crippen MR) is 159 cm³/mol. The van der Waals surface area contributed by atoms with Crippen molar-refractivity contribution in [1.29, 1.82) is 0 Å².